The molecule has 0 aliphatic heterocycles. The molecule has 0 heterocycles. The summed E-state index contributed by atoms with van der Waals surface area (Å²) in [4.78, 5) is 0. The van der Waals surface area contributed by atoms with Gasteiger partial charge in [-0.15, -0.1) is 0 Å². The first kappa shape index (κ1) is 21.6. The largest absolute Gasteiger partial charge is 0.205 e. The first-order valence-electron chi connectivity index (χ1n) is 9.43. The maximum Gasteiger partial charge on any atom is 0.162 e. The van der Waals surface area contributed by atoms with Crippen LogP contribution in [0.25, 0.3) is 5.57 Å². The highest BCUT2D eigenvalue weighted by molar-refractivity contribution is 6.31. The van der Waals surface area contributed by atoms with Crippen molar-refractivity contribution < 1.29 is 13.2 Å². The van der Waals surface area contributed by atoms with Gasteiger partial charge >= 0.3 is 0 Å². The van der Waals surface area contributed by atoms with Gasteiger partial charge in [-0.2, -0.15) is 0 Å². The van der Waals surface area contributed by atoms with E-state index in [1.807, 2.05) is 20.8 Å². The lowest BCUT2D eigenvalue weighted by Gasteiger charge is -2.22. The Morgan fingerprint density at radius 2 is 1.78 bits per heavy atom. The summed E-state index contributed by atoms with van der Waals surface area (Å²) in [6.07, 6.45) is 3.38. The monoisotopic (exact) mass is 394 g/mol. The van der Waals surface area contributed by atoms with Crippen LogP contribution in [-0.2, 0) is 6.42 Å². The second-order valence-electron chi connectivity index (χ2n) is 6.91. The van der Waals surface area contributed by atoms with E-state index in [0.717, 1.165) is 47.6 Å². The van der Waals surface area contributed by atoms with Crippen molar-refractivity contribution in [2.75, 3.05) is 0 Å². The SMILES string of the molecule is CCCC/C(=C(/C)C(C)c1cccc(F)c1F)c1cc(Cl)c(F)cc1CC. The van der Waals surface area contributed by atoms with Crippen molar-refractivity contribution in [3.63, 3.8) is 0 Å². The lowest BCUT2D eigenvalue weighted by molar-refractivity contribution is 0.495. The molecule has 0 aliphatic rings. The number of benzene rings is 2. The van der Waals surface area contributed by atoms with Crippen molar-refractivity contribution in [1.29, 1.82) is 0 Å². The zero-order valence-electron chi connectivity index (χ0n) is 16.3. The zero-order chi connectivity index (χ0) is 20.1. The van der Waals surface area contributed by atoms with Gasteiger partial charge in [-0.3, -0.25) is 0 Å². The number of allylic oxidation sites excluding steroid dienone is 2. The second kappa shape index (κ2) is 9.45. The number of rotatable bonds is 7. The number of hydrogen-bond acceptors (Lipinski definition) is 0. The van der Waals surface area contributed by atoms with E-state index in [9.17, 15) is 13.2 Å². The minimum Gasteiger partial charge on any atom is -0.205 e. The Balaban J connectivity index is 2.64. The van der Waals surface area contributed by atoms with E-state index >= 15 is 0 Å². The summed E-state index contributed by atoms with van der Waals surface area (Å²) in [6, 6.07) is 7.40. The summed E-state index contributed by atoms with van der Waals surface area (Å²) in [6.45, 7) is 7.88. The average Bonchev–Trinajstić information content (AvgIpc) is 2.65. The summed E-state index contributed by atoms with van der Waals surface area (Å²) in [5.41, 5.74) is 4.08. The van der Waals surface area contributed by atoms with Gasteiger partial charge in [0.25, 0.3) is 0 Å². The summed E-state index contributed by atoms with van der Waals surface area (Å²) < 4.78 is 42.0. The van der Waals surface area contributed by atoms with E-state index in [2.05, 4.69) is 6.92 Å². The van der Waals surface area contributed by atoms with Crippen molar-refractivity contribution in [3.8, 4) is 0 Å². The van der Waals surface area contributed by atoms with Crippen molar-refractivity contribution >= 4 is 17.2 Å². The normalized spacial score (nSPS) is 13.5. The van der Waals surface area contributed by atoms with Crippen LogP contribution >= 0.6 is 11.6 Å². The van der Waals surface area contributed by atoms with Crippen LogP contribution in [0.3, 0.4) is 0 Å². The second-order valence-corrected chi connectivity index (χ2v) is 7.31. The molecule has 0 spiro atoms. The molecule has 0 fully saturated rings. The molecular weight excluding hydrogens is 369 g/mol. The Morgan fingerprint density at radius 1 is 1.07 bits per heavy atom. The third-order valence-electron chi connectivity index (χ3n) is 5.21. The fourth-order valence-electron chi connectivity index (χ4n) is 3.41. The maximum atomic E-state index is 14.3. The smallest absolute Gasteiger partial charge is 0.162 e. The number of unbranched alkanes of at least 4 members (excludes halogenated alkanes) is 1. The van der Waals surface area contributed by atoms with E-state index in [-0.39, 0.29) is 10.9 Å². The summed E-state index contributed by atoms with van der Waals surface area (Å²) in [7, 11) is 0. The Morgan fingerprint density at radius 3 is 2.41 bits per heavy atom. The standard InChI is InChI=1S/C23H26ClF3/c1-5-7-9-17(19-13-20(24)22(26)12-16(19)6-2)14(3)15(4)18-10-8-11-21(25)23(18)27/h8,10-13,15H,5-7,9H2,1-4H3/b17-14+. The van der Waals surface area contributed by atoms with E-state index in [1.165, 1.54) is 12.1 Å². The van der Waals surface area contributed by atoms with Gasteiger partial charge in [-0.05, 0) is 66.6 Å². The molecule has 0 N–H and O–H groups in total. The maximum absolute atomic E-state index is 14.3. The lowest BCUT2D eigenvalue weighted by atomic mass is 9.84. The molecule has 0 saturated carbocycles. The molecule has 0 amide bonds. The minimum atomic E-state index is -0.846. The molecule has 0 aliphatic carbocycles. The first-order valence-corrected chi connectivity index (χ1v) is 9.81. The fourth-order valence-corrected chi connectivity index (χ4v) is 3.57. The molecule has 0 saturated heterocycles. The highest BCUT2D eigenvalue weighted by atomic mass is 35.5. The molecular formula is C23H26ClF3. The Bertz CT molecular complexity index is 840. The lowest BCUT2D eigenvalue weighted by Crippen LogP contribution is -2.05. The third-order valence-corrected chi connectivity index (χ3v) is 5.50. The fraction of sp³-hybridized carbons (Fsp3) is 0.391. The quantitative estimate of drug-likeness (QED) is 0.445. The zero-order valence-corrected chi connectivity index (χ0v) is 17.1. The van der Waals surface area contributed by atoms with Crippen LogP contribution in [0, 0.1) is 17.5 Å². The van der Waals surface area contributed by atoms with Crippen molar-refractivity contribution in [2.24, 2.45) is 0 Å². The molecule has 27 heavy (non-hydrogen) atoms. The van der Waals surface area contributed by atoms with Crippen LogP contribution in [0.2, 0.25) is 5.02 Å². The summed E-state index contributed by atoms with van der Waals surface area (Å²) in [5, 5.41) is 0.0774. The Hall–Kier alpha value is -1.74. The summed E-state index contributed by atoms with van der Waals surface area (Å²) >= 11 is 6.06. The molecule has 0 bridgehead atoms. The first-order chi connectivity index (χ1) is 12.8. The van der Waals surface area contributed by atoms with Crippen LogP contribution in [0.15, 0.2) is 35.9 Å². The number of halogens is 4. The average molecular weight is 395 g/mol. The van der Waals surface area contributed by atoms with Crippen LogP contribution in [0.5, 0.6) is 0 Å². The van der Waals surface area contributed by atoms with Gasteiger partial charge in [0.15, 0.2) is 11.6 Å². The van der Waals surface area contributed by atoms with Crippen LogP contribution in [0.1, 0.15) is 69.6 Å². The van der Waals surface area contributed by atoms with Crippen molar-refractivity contribution in [1.82, 2.24) is 0 Å². The molecule has 146 valence electrons. The minimum absolute atomic E-state index is 0.0774. The third kappa shape index (κ3) is 4.76. The van der Waals surface area contributed by atoms with Gasteiger partial charge < -0.3 is 0 Å². The predicted molar refractivity (Wildman–Crippen MR) is 108 cm³/mol. The highest BCUT2D eigenvalue weighted by Crippen LogP contribution is 2.37. The van der Waals surface area contributed by atoms with Crippen molar-refractivity contribution in [2.45, 2.75) is 59.3 Å². The van der Waals surface area contributed by atoms with Gasteiger partial charge in [0.05, 0.1) is 5.02 Å². The molecule has 0 nitrogen and oxygen atoms in total. The van der Waals surface area contributed by atoms with Crippen LogP contribution in [-0.4, -0.2) is 0 Å². The van der Waals surface area contributed by atoms with Crippen LogP contribution in [0.4, 0.5) is 13.2 Å². The van der Waals surface area contributed by atoms with Crippen LogP contribution < -0.4 is 0 Å². The topological polar surface area (TPSA) is 0 Å². The summed E-state index contributed by atoms with van der Waals surface area (Å²) in [5.74, 6) is -2.40. The van der Waals surface area contributed by atoms with E-state index in [1.54, 1.807) is 12.1 Å². The molecule has 2 aromatic carbocycles. The molecule has 1 unspecified atom stereocenters. The highest BCUT2D eigenvalue weighted by Gasteiger charge is 2.20. The van der Waals surface area contributed by atoms with Gasteiger partial charge in [-0.1, -0.05) is 56.5 Å². The van der Waals surface area contributed by atoms with Crippen molar-refractivity contribution in [3.05, 3.63) is 75.1 Å². The van der Waals surface area contributed by atoms with Gasteiger partial charge in [0.1, 0.15) is 5.82 Å². The van der Waals surface area contributed by atoms with E-state index in [0.29, 0.717) is 12.0 Å². The van der Waals surface area contributed by atoms with Gasteiger partial charge in [0.2, 0.25) is 0 Å². The molecule has 1 atom stereocenters. The predicted octanol–water partition coefficient (Wildman–Crippen LogP) is 8.09. The van der Waals surface area contributed by atoms with E-state index < -0.39 is 17.5 Å². The molecule has 2 aromatic rings. The molecule has 0 aromatic heterocycles. The van der Waals surface area contributed by atoms with Gasteiger partial charge in [0, 0.05) is 5.92 Å². The molecule has 2 rings (SSSR count). The van der Waals surface area contributed by atoms with Gasteiger partial charge in [-0.25, -0.2) is 13.2 Å². The molecule has 4 heteroatoms. The van der Waals surface area contributed by atoms with E-state index in [4.69, 9.17) is 11.6 Å². The Kier molecular flexibility index (Phi) is 7.55. The number of hydrogen-bond donors (Lipinski definition) is 0. The number of aryl methyl sites for hydroxylation is 1. The Labute approximate surface area is 165 Å². The molecule has 0 radical (unpaired) electrons.